The summed E-state index contributed by atoms with van der Waals surface area (Å²) in [6.07, 6.45) is 2.39. The van der Waals surface area contributed by atoms with Crippen LogP contribution in [0.2, 0.25) is 5.02 Å². The van der Waals surface area contributed by atoms with Gasteiger partial charge in [-0.3, -0.25) is 4.79 Å². The fourth-order valence-corrected chi connectivity index (χ4v) is 1.67. The van der Waals surface area contributed by atoms with Gasteiger partial charge in [-0.15, -0.1) is 0 Å². The van der Waals surface area contributed by atoms with Crippen molar-refractivity contribution in [3.05, 3.63) is 22.8 Å². The smallest absolute Gasteiger partial charge is 0.253 e. The molecule has 106 valence electrons. The van der Waals surface area contributed by atoms with E-state index >= 15 is 0 Å². The molecule has 19 heavy (non-hydrogen) atoms. The summed E-state index contributed by atoms with van der Waals surface area (Å²) in [4.78, 5) is 15.7. The maximum atomic E-state index is 11.9. The first-order valence-corrected chi connectivity index (χ1v) is 7.70. The lowest BCUT2D eigenvalue weighted by molar-refractivity contribution is 0.0950. The Kier molecular flexibility index (Phi) is 4.42. The van der Waals surface area contributed by atoms with Gasteiger partial charge in [0, 0.05) is 19.0 Å². The molecule has 0 radical (unpaired) electrons. The summed E-state index contributed by atoms with van der Waals surface area (Å²) in [7, 11) is -3.28. The van der Waals surface area contributed by atoms with E-state index in [9.17, 15) is 13.2 Å². The van der Waals surface area contributed by atoms with Gasteiger partial charge in [0.15, 0.2) is 9.84 Å². The summed E-state index contributed by atoms with van der Waals surface area (Å²) in [6, 6.07) is 1.34. The van der Waals surface area contributed by atoms with E-state index in [2.05, 4.69) is 10.3 Å². The highest BCUT2D eigenvalue weighted by atomic mass is 35.5. The molecule has 1 rings (SSSR count). The van der Waals surface area contributed by atoms with Crippen molar-refractivity contribution in [1.82, 2.24) is 10.3 Å². The highest BCUT2D eigenvalue weighted by Gasteiger charge is 2.30. The molecule has 1 heterocycles. The Morgan fingerprint density at radius 3 is 2.63 bits per heavy atom. The van der Waals surface area contributed by atoms with Crippen LogP contribution in [0.3, 0.4) is 0 Å². The van der Waals surface area contributed by atoms with Gasteiger partial charge in [0.05, 0.1) is 15.3 Å². The highest BCUT2D eigenvalue weighted by molar-refractivity contribution is 7.92. The van der Waals surface area contributed by atoms with Crippen LogP contribution in [0.4, 0.5) is 5.82 Å². The molecule has 1 aromatic heterocycles. The number of anilines is 1. The summed E-state index contributed by atoms with van der Waals surface area (Å²) in [5.74, 6) is -0.326. The minimum atomic E-state index is -3.28. The zero-order valence-electron chi connectivity index (χ0n) is 10.9. The third-order valence-electron chi connectivity index (χ3n) is 2.80. The lowest BCUT2D eigenvalue weighted by Crippen LogP contribution is -2.43. The maximum absolute atomic E-state index is 11.9. The molecule has 0 saturated heterocycles. The van der Waals surface area contributed by atoms with Gasteiger partial charge in [-0.05, 0) is 19.9 Å². The lowest BCUT2D eigenvalue weighted by Gasteiger charge is -2.22. The van der Waals surface area contributed by atoms with E-state index < -0.39 is 20.5 Å². The topological polar surface area (TPSA) is 102 Å². The first kappa shape index (κ1) is 15.7. The number of aromatic nitrogens is 1. The molecule has 8 heteroatoms. The van der Waals surface area contributed by atoms with Crippen molar-refractivity contribution in [2.45, 2.75) is 18.6 Å². The summed E-state index contributed by atoms with van der Waals surface area (Å²) < 4.78 is 22.0. The predicted molar refractivity (Wildman–Crippen MR) is 74.9 cm³/mol. The van der Waals surface area contributed by atoms with Crippen LogP contribution >= 0.6 is 11.6 Å². The lowest BCUT2D eigenvalue weighted by atomic mass is 10.2. The van der Waals surface area contributed by atoms with Crippen molar-refractivity contribution >= 4 is 33.2 Å². The van der Waals surface area contributed by atoms with E-state index in [0.29, 0.717) is 0 Å². The third-order valence-corrected chi connectivity index (χ3v) is 5.25. The molecule has 0 atom stereocenters. The van der Waals surface area contributed by atoms with Gasteiger partial charge in [0.25, 0.3) is 5.91 Å². The van der Waals surface area contributed by atoms with Crippen LogP contribution < -0.4 is 11.1 Å². The van der Waals surface area contributed by atoms with Gasteiger partial charge >= 0.3 is 0 Å². The van der Waals surface area contributed by atoms with Gasteiger partial charge in [0.1, 0.15) is 5.82 Å². The van der Waals surface area contributed by atoms with Crippen molar-refractivity contribution in [1.29, 1.82) is 0 Å². The Balaban J connectivity index is 2.85. The van der Waals surface area contributed by atoms with Crippen LogP contribution in [-0.4, -0.2) is 36.9 Å². The van der Waals surface area contributed by atoms with Crippen molar-refractivity contribution in [3.8, 4) is 0 Å². The molecule has 6 nitrogen and oxygen atoms in total. The predicted octanol–water partition coefficient (Wildman–Crippen LogP) is 0.870. The second-order valence-corrected chi connectivity index (χ2v) is 7.86. The number of hydrogen-bond acceptors (Lipinski definition) is 5. The minimum absolute atomic E-state index is 0.0246. The number of carbonyl (C=O) groups is 1. The Morgan fingerprint density at radius 1 is 1.53 bits per heavy atom. The normalized spacial score (nSPS) is 12.2. The zero-order chi connectivity index (χ0) is 14.8. The number of rotatable bonds is 4. The van der Waals surface area contributed by atoms with E-state index in [1.165, 1.54) is 26.1 Å². The number of hydrogen-bond donors (Lipinski definition) is 2. The summed E-state index contributed by atoms with van der Waals surface area (Å²) in [5.41, 5.74) is 5.64. The highest BCUT2D eigenvalue weighted by Crippen LogP contribution is 2.18. The van der Waals surface area contributed by atoms with Crippen molar-refractivity contribution in [2.24, 2.45) is 0 Å². The van der Waals surface area contributed by atoms with Crippen LogP contribution in [0.15, 0.2) is 12.3 Å². The van der Waals surface area contributed by atoms with Gasteiger partial charge in [-0.2, -0.15) is 0 Å². The number of carbonyl (C=O) groups excluding carboxylic acids is 1. The Morgan fingerprint density at radius 2 is 2.11 bits per heavy atom. The Bertz CT molecular complexity index is 599. The molecule has 0 unspecified atom stereocenters. The van der Waals surface area contributed by atoms with Crippen molar-refractivity contribution < 1.29 is 13.2 Å². The van der Waals surface area contributed by atoms with E-state index in [0.717, 1.165) is 6.26 Å². The van der Waals surface area contributed by atoms with Crippen LogP contribution in [0.1, 0.15) is 24.2 Å². The second kappa shape index (κ2) is 5.34. The molecule has 0 aliphatic rings. The fourth-order valence-electron chi connectivity index (χ4n) is 1.15. The van der Waals surface area contributed by atoms with Crippen molar-refractivity contribution in [2.75, 3.05) is 18.5 Å². The molecule has 0 aliphatic heterocycles. The summed E-state index contributed by atoms with van der Waals surface area (Å²) in [6.45, 7) is 3.04. The molecule has 0 bridgehead atoms. The average Bonchev–Trinajstić information content (AvgIpc) is 2.28. The third kappa shape index (κ3) is 3.81. The van der Waals surface area contributed by atoms with Crippen LogP contribution in [-0.2, 0) is 9.84 Å². The number of pyridine rings is 1. The van der Waals surface area contributed by atoms with E-state index in [4.69, 9.17) is 17.3 Å². The van der Waals surface area contributed by atoms with Crippen LogP contribution in [0.5, 0.6) is 0 Å². The number of halogens is 1. The van der Waals surface area contributed by atoms with Gasteiger partial charge in [-0.1, -0.05) is 11.6 Å². The monoisotopic (exact) mass is 305 g/mol. The van der Waals surface area contributed by atoms with Crippen LogP contribution in [0, 0.1) is 0 Å². The van der Waals surface area contributed by atoms with E-state index in [1.807, 2.05) is 0 Å². The van der Waals surface area contributed by atoms with Gasteiger partial charge in [0.2, 0.25) is 0 Å². The number of nitrogen functional groups attached to an aromatic ring is 1. The number of amides is 1. The van der Waals surface area contributed by atoms with E-state index in [1.54, 1.807) is 0 Å². The molecular weight excluding hydrogens is 290 g/mol. The average molecular weight is 306 g/mol. The Hall–Kier alpha value is -1.34. The summed E-state index contributed by atoms with van der Waals surface area (Å²) >= 11 is 5.83. The first-order valence-electron chi connectivity index (χ1n) is 5.43. The summed E-state index contributed by atoms with van der Waals surface area (Å²) in [5, 5.41) is 2.68. The van der Waals surface area contributed by atoms with E-state index in [-0.39, 0.29) is 22.9 Å². The molecule has 0 spiro atoms. The van der Waals surface area contributed by atoms with Gasteiger partial charge in [-0.25, -0.2) is 13.4 Å². The number of nitrogens with one attached hydrogen (secondary N) is 1. The number of nitrogens with zero attached hydrogens (tertiary/aromatic N) is 1. The van der Waals surface area contributed by atoms with Gasteiger partial charge < -0.3 is 11.1 Å². The van der Waals surface area contributed by atoms with Crippen molar-refractivity contribution in [3.63, 3.8) is 0 Å². The zero-order valence-corrected chi connectivity index (χ0v) is 12.5. The largest absolute Gasteiger partial charge is 0.384 e. The SMILES string of the molecule is CC(C)(CNC(=O)c1cc(N)ncc1Cl)S(C)(=O)=O. The molecule has 0 aromatic carbocycles. The fraction of sp³-hybridized carbons (Fsp3) is 0.455. The number of nitrogens with two attached hydrogens (primary N) is 1. The second-order valence-electron chi connectivity index (χ2n) is 4.80. The molecule has 0 aliphatic carbocycles. The quantitative estimate of drug-likeness (QED) is 0.859. The molecule has 0 fully saturated rings. The molecule has 1 aromatic rings. The molecular formula is C11H16ClN3O3S. The Labute approximate surface area is 117 Å². The minimum Gasteiger partial charge on any atom is -0.384 e. The first-order chi connectivity index (χ1) is 8.54. The number of sulfone groups is 1. The maximum Gasteiger partial charge on any atom is 0.253 e. The molecule has 3 N–H and O–H groups in total. The molecule has 0 saturated carbocycles. The van der Waals surface area contributed by atoms with Crippen LogP contribution in [0.25, 0.3) is 0 Å². The standard InChI is InChI=1S/C11H16ClN3O3S/c1-11(2,19(3,17)18)6-15-10(16)7-4-9(13)14-5-8(7)12/h4-5H,6H2,1-3H3,(H2,13,14)(H,15,16). The molecule has 1 amide bonds.